The van der Waals surface area contributed by atoms with Gasteiger partial charge in [-0.1, -0.05) is 18.0 Å². The van der Waals surface area contributed by atoms with Crippen molar-refractivity contribution < 1.29 is 14.1 Å². The topological polar surface area (TPSA) is 101 Å². The van der Waals surface area contributed by atoms with Crippen molar-refractivity contribution in [3.63, 3.8) is 0 Å². The van der Waals surface area contributed by atoms with E-state index in [1.54, 1.807) is 12.4 Å². The van der Waals surface area contributed by atoms with Gasteiger partial charge in [-0.05, 0) is 49.3 Å². The lowest BCUT2D eigenvalue weighted by Crippen LogP contribution is -2.47. The van der Waals surface area contributed by atoms with Gasteiger partial charge in [-0.2, -0.15) is 16.3 Å². The third-order valence-corrected chi connectivity index (χ3v) is 7.31. The molecule has 0 aromatic carbocycles. The van der Waals surface area contributed by atoms with Crippen LogP contribution in [-0.2, 0) is 4.79 Å². The molecule has 1 saturated carbocycles. The molecule has 2 fully saturated rings. The van der Waals surface area contributed by atoms with Gasteiger partial charge < -0.3 is 14.7 Å². The fourth-order valence-corrected chi connectivity index (χ4v) is 5.56. The van der Waals surface area contributed by atoms with E-state index >= 15 is 0 Å². The molecular weight excluding hydrogens is 438 g/mol. The molecule has 1 saturated heterocycles. The summed E-state index contributed by atoms with van der Waals surface area (Å²) in [4.78, 5) is 37.3. The van der Waals surface area contributed by atoms with Crippen molar-refractivity contribution in [3.8, 4) is 11.4 Å². The Bertz CT molecular complexity index is 1080. The zero-order valence-corrected chi connectivity index (χ0v) is 19.2. The van der Waals surface area contributed by atoms with E-state index in [1.807, 2.05) is 33.9 Å². The van der Waals surface area contributed by atoms with Crippen molar-refractivity contribution in [1.82, 2.24) is 25.3 Å². The largest absolute Gasteiger partial charge is 0.356 e. The average molecular weight is 466 g/mol. The minimum Gasteiger partial charge on any atom is -0.356 e. The summed E-state index contributed by atoms with van der Waals surface area (Å²) in [6.07, 6.45) is 8.60. The van der Waals surface area contributed by atoms with E-state index < -0.39 is 0 Å². The lowest BCUT2D eigenvalue weighted by Gasteiger charge is -2.32. The minimum atomic E-state index is -0.301. The van der Waals surface area contributed by atoms with Gasteiger partial charge in [0, 0.05) is 48.4 Å². The maximum atomic E-state index is 13.4. The molecule has 8 nitrogen and oxygen atoms in total. The van der Waals surface area contributed by atoms with Crippen LogP contribution in [0.25, 0.3) is 11.4 Å². The molecule has 33 heavy (non-hydrogen) atoms. The molecule has 3 aromatic heterocycles. The zero-order chi connectivity index (χ0) is 22.6. The van der Waals surface area contributed by atoms with Crippen LogP contribution < -0.4 is 5.32 Å². The van der Waals surface area contributed by atoms with Gasteiger partial charge in [0.2, 0.25) is 17.6 Å². The number of fused-ring (bicyclic) bond motifs is 1. The van der Waals surface area contributed by atoms with Crippen molar-refractivity contribution in [2.24, 2.45) is 5.92 Å². The fourth-order valence-electron chi connectivity index (χ4n) is 4.93. The number of amides is 2. The summed E-state index contributed by atoms with van der Waals surface area (Å²) < 4.78 is 5.62. The third-order valence-electron chi connectivity index (χ3n) is 6.63. The molecule has 0 bridgehead atoms. The molecular formula is C24H27N5O3S. The molecule has 5 rings (SSSR count). The second-order valence-corrected chi connectivity index (χ2v) is 9.54. The molecule has 1 aliphatic heterocycles. The van der Waals surface area contributed by atoms with E-state index in [-0.39, 0.29) is 29.7 Å². The van der Waals surface area contributed by atoms with Crippen LogP contribution >= 0.6 is 11.3 Å². The number of rotatable bonds is 3. The Labute approximate surface area is 196 Å². The van der Waals surface area contributed by atoms with Crippen LogP contribution in [-0.4, -0.2) is 51.0 Å². The Hall–Kier alpha value is -3.07. The molecule has 3 atom stereocenters. The van der Waals surface area contributed by atoms with Gasteiger partial charge in [-0.15, -0.1) is 0 Å². The van der Waals surface area contributed by atoms with Crippen LogP contribution in [0, 0.1) is 5.92 Å². The summed E-state index contributed by atoms with van der Waals surface area (Å²) in [6, 6.07) is 5.37. The van der Waals surface area contributed by atoms with Crippen molar-refractivity contribution in [3.05, 3.63) is 52.8 Å². The third kappa shape index (κ3) is 4.68. The van der Waals surface area contributed by atoms with E-state index in [4.69, 9.17) is 4.52 Å². The van der Waals surface area contributed by atoms with E-state index in [9.17, 15) is 9.59 Å². The molecule has 0 spiro atoms. The number of thiophene rings is 1. The summed E-state index contributed by atoms with van der Waals surface area (Å²) >= 11 is 1.51. The van der Waals surface area contributed by atoms with Crippen molar-refractivity contribution >= 4 is 23.2 Å². The number of carbonyl (C=O) groups excluding carboxylic acids is 2. The predicted molar refractivity (Wildman–Crippen MR) is 124 cm³/mol. The van der Waals surface area contributed by atoms with Gasteiger partial charge in [-0.3, -0.25) is 14.6 Å². The molecule has 3 aromatic rings. The summed E-state index contributed by atoms with van der Waals surface area (Å²) in [5.74, 6) is 0.640. The van der Waals surface area contributed by atoms with Crippen molar-refractivity contribution in [1.29, 1.82) is 0 Å². The van der Waals surface area contributed by atoms with Crippen molar-refractivity contribution in [2.75, 3.05) is 13.1 Å². The highest BCUT2D eigenvalue weighted by Crippen LogP contribution is 2.42. The highest BCUT2D eigenvalue weighted by atomic mass is 32.1. The van der Waals surface area contributed by atoms with Gasteiger partial charge in [0.05, 0.1) is 11.5 Å². The molecule has 0 unspecified atom stereocenters. The highest BCUT2D eigenvalue weighted by molar-refractivity contribution is 7.08. The predicted octanol–water partition coefficient (Wildman–Crippen LogP) is 3.89. The lowest BCUT2D eigenvalue weighted by molar-refractivity contribution is -0.126. The number of hydrogen-bond acceptors (Lipinski definition) is 7. The summed E-state index contributed by atoms with van der Waals surface area (Å²) in [5, 5.41) is 11.0. The molecule has 1 aliphatic carbocycles. The summed E-state index contributed by atoms with van der Waals surface area (Å²) in [5.41, 5.74) is 1.47. The second-order valence-electron chi connectivity index (χ2n) is 8.76. The number of hydrogen-bond donors (Lipinski definition) is 1. The summed E-state index contributed by atoms with van der Waals surface area (Å²) in [6.45, 7) is 1.33. The molecule has 172 valence electrons. The second kappa shape index (κ2) is 9.82. The van der Waals surface area contributed by atoms with E-state index in [2.05, 4.69) is 20.4 Å². The number of aromatic nitrogens is 3. The molecule has 2 aliphatic rings. The highest BCUT2D eigenvalue weighted by Gasteiger charge is 2.45. The number of carbonyl (C=O) groups is 2. The Morgan fingerprint density at radius 3 is 2.91 bits per heavy atom. The maximum Gasteiger partial charge on any atom is 0.254 e. The van der Waals surface area contributed by atoms with Gasteiger partial charge in [-0.25, -0.2) is 0 Å². The molecule has 0 radical (unpaired) electrons. The van der Waals surface area contributed by atoms with Gasteiger partial charge in [0.1, 0.15) is 0 Å². The van der Waals surface area contributed by atoms with Crippen LogP contribution in [0.3, 0.4) is 0 Å². The first-order valence-electron chi connectivity index (χ1n) is 11.6. The number of pyridine rings is 1. The normalized spacial score (nSPS) is 24.1. The van der Waals surface area contributed by atoms with Crippen molar-refractivity contribution in [2.45, 2.75) is 50.5 Å². The van der Waals surface area contributed by atoms with Crippen LogP contribution in [0.15, 0.2) is 45.9 Å². The Kier molecular flexibility index (Phi) is 6.48. The molecule has 2 amide bonds. The van der Waals surface area contributed by atoms with Gasteiger partial charge >= 0.3 is 0 Å². The maximum absolute atomic E-state index is 13.4. The van der Waals surface area contributed by atoms with Gasteiger partial charge in [0.15, 0.2) is 0 Å². The lowest BCUT2D eigenvalue weighted by atomic mass is 9.99. The fraction of sp³-hybridized carbons (Fsp3) is 0.458. The average Bonchev–Trinajstić information content (AvgIpc) is 3.60. The first kappa shape index (κ1) is 21.8. The minimum absolute atomic E-state index is 0.000486. The molecule has 1 N–H and O–H groups in total. The first-order valence-corrected chi connectivity index (χ1v) is 12.5. The van der Waals surface area contributed by atoms with Crippen LogP contribution in [0.5, 0.6) is 0 Å². The SMILES string of the molecule is O=C1NCCCCCCN(C(=O)c2ccsc2)[C@H]2C[C@H](c3nc(-c4cccnc4)no3)C[C@@H]12. The quantitative estimate of drug-likeness (QED) is 0.630. The Morgan fingerprint density at radius 1 is 1.18 bits per heavy atom. The van der Waals surface area contributed by atoms with E-state index in [0.717, 1.165) is 31.2 Å². The zero-order valence-electron chi connectivity index (χ0n) is 18.4. The van der Waals surface area contributed by atoms with Crippen LogP contribution in [0.1, 0.15) is 60.7 Å². The van der Waals surface area contributed by atoms with E-state index in [0.29, 0.717) is 43.2 Å². The smallest absolute Gasteiger partial charge is 0.254 e. The Morgan fingerprint density at radius 2 is 2.09 bits per heavy atom. The van der Waals surface area contributed by atoms with Gasteiger partial charge in [0.25, 0.3) is 5.91 Å². The van der Waals surface area contributed by atoms with E-state index in [1.165, 1.54) is 11.3 Å². The number of nitrogens with zero attached hydrogens (tertiary/aromatic N) is 4. The first-order chi connectivity index (χ1) is 16.2. The van der Waals surface area contributed by atoms with Crippen LogP contribution in [0.4, 0.5) is 0 Å². The monoisotopic (exact) mass is 465 g/mol. The Balaban J connectivity index is 1.43. The van der Waals surface area contributed by atoms with Crippen LogP contribution in [0.2, 0.25) is 0 Å². The molecule has 9 heteroatoms. The number of nitrogens with one attached hydrogen (secondary N) is 1. The summed E-state index contributed by atoms with van der Waals surface area (Å²) in [7, 11) is 0. The molecule has 4 heterocycles. The standard InChI is InChI=1S/C24H27N5O3S/c30-22-19-12-18(23-27-21(28-32-23)16-6-5-8-25-14-16)13-20(19)29(10-4-2-1-3-9-26-22)24(31)17-7-11-33-15-17/h5-8,11,14-15,18-20H,1-4,9-10,12-13H2,(H,26,30)/t18-,19-,20+/m1/s1.